The second-order valence-electron chi connectivity index (χ2n) is 3.29. The van der Waals surface area contributed by atoms with E-state index in [0.29, 0.717) is 0 Å². The van der Waals surface area contributed by atoms with Crippen LogP contribution in [-0.2, 0) is 9.53 Å². The van der Waals surface area contributed by atoms with Gasteiger partial charge >= 0.3 is 0 Å². The van der Waals surface area contributed by atoms with Crippen LogP contribution in [0.1, 0.15) is 6.42 Å². The fourth-order valence-electron chi connectivity index (χ4n) is 1.18. The summed E-state index contributed by atoms with van der Waals surface area (Å²) in [7, 11) is 1.46. The number of hydrogen-bond donors (Lipinski definition) is 2. The Morgan fingerprint density at radius 1 is 1.56 bits per heavy atom. The van der Waals surface area contributed by atoms with Gasteiger partial charge in [-0.2, -0.15) is 0 Å². The molecule has 0 bridgehead atoms. The van der Waals surface area contributed by atoms with E-state index in [2.05, 4.69) is 0 Å². The van der Waals surface area contributed by atoms with Gasteiger partial charge in [-0.25, -0.2) is 8.78 Å². The van der Waals surface area contributed by atoms with Crippen molar-refractivity contribution in [2.75, 3.05) is 33.4 Å². The van der Waals surface area contributed by atoms with Gasteiger partial charge in [0.25, 0.3) is 6.43 Å². The summed E-state index contributed by atoms with van der Waals surface area (Å²) in [6.07, 6.45) is -2.37. The number of aliphatic hydroxyl groups is 1. The summed E-state index contributed by atoms with van der Waals surface area (Å²) in [6.45, 7) is -0.923. The molecule has 1 amide bonds. The molecule has 0 aliphatic rings. The molecule has 0 aromatic carbocycles. The molecular formula is C9H18F2N2O3. The van der Waals surface area contributed by atoms with E-state index in [0.717, 1.165) is 4.90 Å². The number of halogens is 2. The van der Waals surface area contributed by atoms with Crippen molar-refractivity contribution in [3.63, 3.8) is 0 Å². The maximum absolute atomic E-state index is 12.1. The second kappa shape index (κ2) is 8.37. The third kappa shape index (κ3) is 5.94. The van der Waals surface area contributed by atoms with E-state index < -0.39 is 24.9 Å². The van der Waals surface area contributed by atoms with Crippen molar-refractivity contribution >= 4 is 5.91 Å². The second-order valence-corrected chi connectivity index (χ2v) is 3.29. The highest BCUT2D eigenvalue weighted by Crippen LogP contribution is 2.02. The van der Waals surface area contributed by atoms with Crippen molar-refractivity contribution in [3.8, 4) is 0 Å². The Morgan fingerprint density at radius 2 is 2.19 bits per heavy atom. The van der Waals surface area contributed by atoms with E-state index in [9.17, 15) is 13.6 Å². The first-order valence-electron chi connectivity index (χ1n) is 4.95. The first kappa shape index (κ1) is 15.2. The minimum atomic E-state index is -2.63. The molecule has 0 spiro atoms. The van der Waals surface area contributed by atoms with Gasteiger partial charge in [-0.15, -0.1) is 0 Å². The number of rotatable bonds is 8. The van der Waals surface area contributed by atoms with Crippen molar-refractivity contribution in [1.82, 2.24) is 4.90 Å². The molecule has 0 aliphatic heterocycles. The summed E-state index contributed by atoms with van der Waals surface area (Å²) < 4.78 is 29.0. The van der Waals surface area contributed by atoms with Gasteiger partial charge in [0.05, 0.1) is 19.2 Å². The van der Waals surface area contributed by atoms with E-state index in [1.807, 2.05) is 0 Å². The third-order valence-electron chi connectivity index (χ3n) is 1.99. The summed E-state index contributed by atoms with van der Waals surface area (Å²) >= 11 is 0. The number of amides is 1. The highest BCUT2D eigenvalue weighted by atomic mass is 19.3. The number of methoxy groups -OCH3 is 1. The fraction of sp³-hybridized carbons (Fsp3) is 0.889. The number of nitrogens with zero attached hydrogens (tertiary/aromatic N) is 1. The van der Waals surface area contributed by atoms with Crippen LogP contribution in [0.3, 0.4) is 0 Å². The average Bonchev–Trinajstić information content (AvgIpc) is 2.23. The van der Waals surface area contributed by atoms with Crippen LogP contribution in [-0.4, -0.2) is 61.8 Å². The number of nitrogens with two attached hydrogens (primary N) is 1. The molecule has 0 fully saturated rings. The van der Waals surface area contributed by atoms with Gasteiger partial charge < -0.3 is 20.5 Å². The van der Waals surface area contributed by atoms with Crippen LogP contribution < -0.4 is 5.73 Å². The Hall–Kier alpha value is -0.790. The molecule has 7 heteroatoms. The number of ether oxygens (including phenoxy) is 1. The normalized spacial score (nSPS) is 12.9. The average molecular weight is 240 g/mol. The smallest absolute Gasteiger partial charge is 0.255 e. The number of alkyl halides is 2. The zero-order valence-electron chi connectivity index (χ0n) is 9.23. The summed E-state index contributed by atoms with van der Waals surface area (Å²) in [4.78, 5) is 12.4. The molecule has 16 heavy (non-hydrogen) atoms. The minimum Gasteiger partial charge on any atom is -0.395 e. The molecule has 3 N–H and O–H groups in total. The van der Waals surface area contributed by atoms with Crippen molar-refractivity contribution < 1.29 is 23.4 Å². The van der Waals surface area contributed by atoms with Crippen LogP contribution >= 0.6 is 0 Å². The standard InChI is InChI=1S/C9H18F2N2O3/c1-16-5-2-7(12)9(15)13(3-4-14)6-8(10)11/h7-8,14H,2-6,12H2,1H3. The highest BCUT2D eigenvalue weighted by Gasteiger charge is 2.22. The molecule has 0 heterocycles. The zero-order valence-corrected chi connectivity index (χ0v) is 9.23. The molecule has 5 nitrogen and oxygen atoms in total. The lowest BCUT2D eigenvalue weighted by atomic mass is 10.2. The number of carbonyl (C=O) groups is 1. The van der Waals surface area contributed by atoms with E-state index in [4.69, 9.17) is 15.6 Å². The fourth-order valence-corrected chi connectivity index (χ4v) is 1.18. The molecule has 96 valence electrons. The van der Waals surface area contributed by atoms with Crippen LogP contribution in [0.2, 0.25) is 0 Å². The van der Waals surface area contributed by atoms with Gasteiger partial charge in [0.15, 0.2) is 0 Å². The first-order valence-corrected chi connectivity index (χ1v) is 4.95. The SMILES string of the molecule is COCCC(N)C(=O)N(CCO)CC(F)F. The van der Waals surface area contributed by atoms with Crippen molar-refractivity contribution in [2.45, 2.75) is 18.9 Å². The lowest BCUT2D eigenvalue weighted by Gasteiger charge is -2.24. The molecule has 0 aromatic rings. The maximum Gasteiger partial charge on any atom is 0.255 e. The van der Waals surface area contributed by atoms with Crippen molar-refractivity contribution in [3.05, 3.63) is 0 Å². The molecule has 0 aliphatic carbocycles. The summed E-state index contributed by atoms with van der Waals surface area (Å²) in [5.41, 5.74) is 5.51. The lowest BCUT2D eigenvalue weighted by Crippen LogP contribution is -2.47. The summed E-state index contributed by atoms with van der Waals surface area (Å²) in [5, 5.41) is 8.65. The van der Waals surface area contributed by atoms with E-state index in [-0.39, 0.29) is 26.2 Å². The van der Waals surface area contributed by atoms with E-state index >= 15 is 0 Å². The Labute approximate surface area is 93.2 Å². The molecule has 0 radical (unpaired) electrons. The van der Waals surface area contributed by atoms with Crippen LogP contribution in [0.5, 0.6) is 0 Å². The third-order valence-corrected chi connectivity index (χ3v) is 1.99. The minimum absolute atomic E-state index is 0.135. The molecule has 1 atom stereocenters. The van der Waals surface area contributed by atoms with Crippen LogP contribution in [0.15, 0.2) is 0 Å². The van der Waals surface area contributed by atoms with Gasteiger partial charge in [0, 0.05) is 20.3 Å². The van der Waals surface area contributed by atoms with Gasteiger partial charge in [-0.1, -0.05) is 0 Å². The molecule has 0 saturated carbocycles. The maximum atomic E-state index is 12.1. The Bertz CT molecular complexity index is 205. The van der Waals surface area contributed by atoms with Gasteiger partial charge in [0.1, 0.15) is 0 Å². The Balaban J connectivity index is 4.23. The van der Waals surface area contributed by atoms with Crippen LogP contribution in [0, 0.1) is 0 Å². The molecule has 0 aromatic heterocycles. The van der Waals surface area contributed by atoms with Crippen LogP contribution in [0.4, 0.5) is 8.78 Å². The zero-order chi connectivity index (χ0) is 12.6. The topological polar surface area (TPSA) is 75.8 Å². The largest absolute Gasteiger partial charge is 0.395 e. The molecule has 0 saturated heterocycles. The predicted octanol–water partition coefficient (Wildman–Crippen LogP) is -0.564. The molecule has 1 unspecified atom stereocenters. The van der Waals surface area contributed by atoms with Crippen LogP contribution in [0.25, 0.3) is 0 Å². The molecular weight excluding hydrogens is 222 g/mol. The summed E-state index contributed by atoms with van der Waals surface area (Å²) in [6, 6.07) is -0.870. The Morgan fingerprint density at radius 3 is 2.62 bits per heavy atom. The van der Waals surface area contributed by atoms with Crippen molar-refractivity contribution in [1.29, 1.82) is 0 Å². The quantitative estimate of drug-likeness (QED) is 0.596. The lowest BCUT2D eigenvalue weighted by molar-refractivity contribution is -0.135. The Kier molecular flexibility index (Phi) is 7.96. The summed E-state index contributed by atoms with van der Waals surface area (Å²) in [5.74, 6) is -0.591. The predicted molar refractivity (Wildman–Crippen MR) is 54.1 cm³/mol. The number of carbonyl (C=O) groups excluding carboxylic acids is 1. The van der Waals surface area contributed by atoms with Gasteiger partial charge in [-0.05, 0) is 6.42 Å². The number of hydrogen-bond acceptors (Lipinski definition) is 4. The first-order chi connectivity index (χ1) is 7.52. The van der Waals surface area contributed by atoms with E-state index in [1.165, 1.54) is 7.11 Å². The van der Waals surface area contributed by atoms with E-state index in [1.54, 1.807) is 0 Å². The van der Waals surface area contributed by atoms with Gasteiger partial charge in [0.2, 0.25) is 5.91 Å². The molecule has 0 rings (SSSR count). The number of aliphatic hydroxyl groups excluding tert-OH is 1. The highest BCUT2D eigenvalue weighted by molar-refractivity contribution is 5.81. The van der Waals surface area contributed by atoms with Gasteiger partial charge in [-0.3, -0.25) is 4.79 Å². The van der Waals surface area contributed by atoms with Crippen molar-refractivity contribution in [2.24, 2.45) is 5.73 Å². The monoisotopic (exact) mass is 240 g/mol.